The summed E-state index contributed by atoms with van der Waals surface area (Å²) >= 11 is 0. The van der Waals surface area contributed by atoms with E-state index >= 15 is 0 Å². The van der Waals surface area contributed by atoms with Crippen molar-refractivity contribution < 1.29 is 14.4 Å². The highest BCUT2D eigenvalue weighted by Gasteiger charge is 2.07. The Morgan fingerprint density at radius 2 is 2.00 bits per heavy atom. The lowest BCUT2D eigenvalue weighted by Crippen LogP contribution is -2.06. The molecule has 0 aromatic carbocycles. The summed E-state index contributed by atoms with van der Waals surface area (Å²) in [5.41, 5.74) is 0. The Balaban J connectivity index is 4.03. The number of carbonyl (C=O) groups is 3. The van der Waals surface area contributed by atoms with Crippen LogP contribution in [0.15, 0.2) is 24.3 Å². The lowest BCUT2D eigenvalue weighted by Gasteiger charge is -2.00. The van der Waals surface area contributed by atoms with Crippen LogP contribution in [0.25, 0.3) is 0 Å². The van der Waals surface area contributed by atoms with Gasteiger partial charge in [-0.15, -0.1) is 0 Å². The molecule has 0 saturated carbocycles. The molecule has 0 aromatic rings. The van der Waals surface area contributed by atoms with E-state index < -0.39 is 0 Å². The van der Waals surface area contributed by atoms with Crippen molar-refractivity contribution in [3.05, 3.63) is 24.3 Å². The minimum Gasteiger partial charge on any atom is -0.303 e. The first kappa shape index (κ1) is 13.5. The van der Waals surface area contributed by atoms with Gasteiger partial charge in [-0.3, -0.25) is 4.79 Å². The molecule has 0 spiro atoms. The maximum atomic E-state index is 11.1. The third-order valence-corrected chi connectivity index (χ3v) is 1.87. The van der Waals surface area contributed by atoms with E-state index in [1.165, 1.54) is 0 Å². The van der Waals surface area contributed by atoms with E-state index in [0.717, 1.165) is 12.6 Å². The van der Waals surface area contributed by atoms with Gasteiger partial charge >= 0.3 is 0 Å². The molecule has 0 saturated heterocycles. The third-order valence-electron chi connectivity index (χ3n) is 1.87. The van der Waals surface area contributed by atoms with E-state index in [0.29, 0.717) is 12.8 Å². The number of Topliss-reactive ketones (excluding diaryl/α,β-unsaturated/α-hetero) is 1. The van der Waals surface area contributed by atoms with Crippen molar-refractivity contribution in [2.75, 3.05) is 0 Å². The third kappa shape index (κ3) is 7.55. The molecule has 0 aliphatic rings. The Labute approximate surface area is 89.9 Å². The molecule has 0 aliphatic heterocycles. The molecule has 0 aromatic heterocycles. The smallest absolute Gasteiger partial charge is 0.133 e. The van der Waals surface area contributed by atoms with Gasteiger partial charge in [0.25, 0.3) is 0 Å². The lowest BCUT2D eigenvalue weighted by molar-refractivity contribution is -0.121. The molecule has 0 aliphatic carbocycles. The number of allylic oxidation sites excluding steroid dienone is 4. The van der Waals surface area contributed by atoms with E-state index in [1.54, 1.807) is 31.2 Å². The predicted octanol–water partition coefficient (Wildman–Crippen LogP) is 1.87. The largest absolute Gasteiger partial charge is 0.303 e. The van der Waals surface area contributed by atoms with Gasteiger partial charge in [-0.25, -0.2) is 0 Å². The first-order chi connectivity index (χ1) is 7.24. The second kappa shape index (κ2) is 9.06. The van der Waals surface area contributed by atoms with Gasteiger partial charge in [0.15, 0.2) is 0 Å². The Bertz CT molecular complexity index is 264. The molecular weight excluding hydrogens is 192 g/mol. The first-order valence-electron chi connectivity index (χ1n) is 4.98. The monoisotopic (exact) mass is 208 g/mol. The maximum absolute atomic E-state index is 11.1. The summed E-state index contributed by atoms with van der Waals surface area (Å²) < 4.78 is 0. The van der Waals surface area contributed by atoms with Crippen LogP contribution in [0, 0.1) is 5.92 Å². The van der Waals surface area contributed by atoms with E-state index in [-0.39, 0.29) is 18.1 Å². The Hall–Kier alpha value is -1.51. The molecule has 0 amide bonds. The molecule has 0 radical (unpaired) electrons. The molecule has 0 heterocycles. The van der Waals surface area contributed by atoms with Gasteiger partial charge in [0, 0.05) is 25.2 Å². The number of carbonyl (C=O) groups excluding carboxylic acids is 3. The SMILES string of the molecule is CCC(=O)CC(C=O)C=CC=CCC=O. The van der Waals surface area contributed by atoms with Crippen molar-refractivity contribution in [3.63, 3.8) is 0 Å². The number of aldehydes is 2. The Morgan fingerprint density at radius 3 is 2.53 bits per heavy atom. The summed E-state index contributed by atoms with van der Waals surface area (Å²) in [5, 5.41) is 0. The van der Waals surface area contributed by atoms with E-state index in [2.05, 4.69) is 0 Å². The summed E-state index contributed by atoms with van der Waals surface area (Å²) in [6.07, 6.45) is 9.38. The van der Waals surface area contributed by atoms with Gasteiger partial charge in [0.2, 0.25) is 0 Å². The molecule has 1 unspecified atom stereocenters. The summed E-state index contributed by atoms with van der Waals surface area (Å²) in [6, 6.07) is 0. The molecule has 0 fully saturated rings. The van der Waals surface area contributed by atoms with Gasteiger partial charge in [-0.05, 0) is 0 Å². The Kier molecular flexibility index (Phi) is 8.15. The molecule has 15 heavy (non-hydrogen) atoms. The molecule has 3 heteroatoms. The molecule has 1 atom stereocenters. The predicted molar refractivity (Wildman–Crippen MR) is 58.4 cm³/mol. The average molecular weight is 208 g/mol. The van der Waals surface area contributed by atoms with Crippen molar-refractivity contribution in [1.82, 2.24) is 0 Å². The van der Waals surface area contributed by atoms with Crippen LogP contribution in [0.1, 0.15) is 26.2 Å². The van der Waals surface area contributed by atoms with E-state index in [9.17, 15) is 14.4 Å². The van der Waals surface area contributed by atoms with Crippen molar-refractivity contribution in [3.8, 4) is 0 Å². The fraction of sp³-hybridized carbons (Fsp3) is 0.417. The molecule has 0 rings (SSSR count). The first-order valence-corrected chi connectivity index (χ1v) is 4.98. The minimum absolute atomic E-state index is 0.0774. The van der Waals surface area contributed by atoms with Gasteiger partial charge < -0.3 is 9.59 Å². The second-order valence-corrected chi connectivity index (χ2v) is 3.11. The summed E-state index contributed by atoms with van der Waals surface area (Å²) in [7, 11) is 0. The van der Waals surface area contributed by atoms with Crippen molar-refractivity contribution >= 4 is 18.4 Å². The molecular formula is C12H16O3. The molecule has 3 nitrogen and oxygen atoms in total. The Morgan fingerprint density at radius 1 is 1.27 bits per heavy atom. The fourth-order valence-corrected chi connectivity index (χ4v) is 0.988. The topological polar surface area (TPSA) is 51.2 Å². The van der Waals surface area contributed by atoms with Crippen LogP contribution in [-0.4, -0.2) is 18.4 Å². The van der Waals surface area contributed by atoms with Gasteiger partial charge in [0.05, 0.1) is 0 Å². The quantitative estimate of drug-likeness (QED) is 0.452. The average Bonchev–Trinajstić information content (AvgIpc) is 2.26. The van der Waals surface area contributed by atoms with Gasteiger partial charge in [-0.2, -0.15) is 0 Å². The normalized spacial score (nSPS) is 13.1. The van der Waals surface area contributed by atoms with Crippen LogP contribution < -0.4 is 0 Å². The number of hydrogen-bond acceptors (Lipinski definition) is 3. The van der Waals surface area contributed by atoms with Crippen molar-refractivity contribution in [1.29, 1.82) is 0 Å². The molecule has 0 N–H and O–H groups in total. The highest BCUT2D eigenvalue weighted by atomic mass is 16.1. The van der Waals surface area contributed by atoms with E-state index in [1.807, 2.05) is 0 Å². The number of ketones is 1. The summed E-state index contributed by atoms with van der Waals surface area (Å²) in [4.78, 5) is 31.6. The van der Waals surface area contributed by atoms with Crippen LogP contribution >= 0.6 is 0 Å². The zero-order valence-electron chi connectivity index (χ0n) is 8.89. The van der Waals surface area contributed by atoms with Crippen molar-refractivity contribution in [2.24, 2.45) is 5.92 Å². The number of rotatable bonds is 8. The van der Waals surface area contributed by atoms with Crippen LogP contribution in [0.2, 0.25) is 0 Å². The minimum atomic E-state index is -0.349. The van der Waals surface area contributed by atoms with Crippen molar-refractivity contribution in [2.45, 2.75) is 26.2 Å². The molecule has 0 bridgehead atoms. The summed E-state index contributed by atoms with van der Waals surface area (Å²) in [6.45, 7) is 1.78. The van der Waals surface area contributed by atoms with Gasteiger partial charge in [0.1, 0.15) is 18.4 Å². The van der Waals surface area contributed by atoms with Crippen LogP contribution in [0.3, 0.4) is 0 Å². The second-order valence-electron chi connectivity index (χ2n) is 3.11. The maximum Gasteiger partial charge on any atom is 0.133 e. The van der Waals surface area contributed by atoms with E-state index in [4.69, 9.17) is 0 Å². The zero-order valence-corrected chi connectivity index (χ0v) is 8.89. The number of hydrogen-bond donors (Lipinski definition) is 0. The van der Waals surface area contributed by atoms with Crippen LogP contribution in [-0.2, 0) is 14.4 Å². The lowest BCUT2D eigenvalue weighted by atomic mass is 10.0. The van der Waals surface area contributed by atoms with Crippen LogP contribution in [0.5, 0.6) is 0 Å². The van der Waals surface area contributed by atoms with Crippen LogP contribution in [0.4, 0.5) is 0 Å². The highest BCUT2D eigenvalue weighted by molar-refractivity contribution is 5.81. The molecule has 82 valence electrons. The fourth-order valence-electron chi connectivity index (χ4n) is 0.988. The zero-order chi connectivity index (χ0) is 11.5. The highest BCUT2D eigenvalue weighted by Crippen LogP contribution is 2.04. The standard InChI is InChI=1S/C12H16O3/c1-2-12(15)9-11(10-14)7-5-3-4-6-8-13/h3-5,7-8,10-11H,2,6,9H2,1H3. The summed E-state index contributed by atoms with van der Waals surface area (Å²) in [5.74, 6) is -0.271. The van der Waals surface area contributed by atoms with Gasteiger partial charge in [-0.1, -0.05) is 31.2 Å².